The Morgan fingerprint density at radius 1 is 1.67 bits per heavy atom. The minimum absolute atomic E-state index is 0.244. The molecule has 3 unspecified atom stereocenters. The second kappa shape index (κ2) is 5.70. The van der Waals surface area contributed by atoms with Crippen molar-refractivity contribution in [3.63, 3.8) is 0 Å². The van der Waals surface area contributed by atoms with E-state index in [9.17, 15) is 0 Å². The molecule has 0 spiro atoms. The number of rotatable bonds is 2. The van der Waals surface area contributed by atoms with Crippen molar-refractivity contribution in [2.75, 3.05) is 0 Å². The average Bonchev–Trinajstić information content (AvgIpc) is 2.18. The van der Waals surface area contributed by atoms with E-state index in [0.29, 0.717) is 16.4 Å². The van der Waals surface area contributed by atoms with Gasteiger partial charge in [0.1, 0.15) is 0 Å². The van der Waals surface area contributed by atoms with Gasteiger partial charge in [0.2, 0.25) is 0 Å². The molecule has 0 aromatic rings. The molecule has 3 atom stereocenters. The molecule has 1 saturated heterocycles. The van der Waals surface area contributed by atoms with E-state index < -0.39 is 0 Å². The van der Waals surface area contributed by atoms with Crippen molar-refractivity contribution in [1.29, 1.82) is 0 Å². The van der Waals surface area contributed by atoms with Crippen LogP contribution >= 0.6 is 24.0 Å². The molecule has 0 aliphatic carbocycles. The van der Waals surface area contributed by atoms with Crippen LogP contribution in [-0.4, -0.2) is 21.3 Å². The monoisotopic (exact) mass is 245 g/mol. The number of hydrazone groups is 1. The van der Waals surface area contributed by atoms with Crippen LogP contribution in [0.4, 0.5) is 0 Å². The Morgan fingerprint density at radius 2 is 2.33 bits per heavy atom. The lowest BCUT2D eigenvalue weighted by atomic mass is 9.95. The summed E-state index contributed by atoms with van der Waals surface area (Å²) in [5, 5.41) is 5.85. The molecule has 1 heterocycles. The van der Waals surface area contributed by atoms with Crippen LogP contribution in [0.15, 0.2) is 5.10 Å². The molecule has 0 saturated carbocycles. The third-order valence-electron chi connectivity index (χ3n) is 2.70. The molecule has 86 valence electrons. The largest absolute Gasteiger partial charge is 0.375 e. The van der Waals surface area contributed by atoms with Crippen LogP contribution in [0.5, 0.6) is 0 Å². The summed E-state index contributed by atoms with van der Waals surface area (Å²) in [7, 11) is 0. The lowest BCUT2D eigenvalue weighted by Crippen LogP contribution is -2.35. The quantitative estimate of drug-likeness (QED) is 0.578. The second-order valence-electron chi connectivity index (χ2n) is 3.97. The van der Waals surface area contributed by atoms with Crippen molar-refractivity contribution in [2.24, 2.45) is 16.8 Å². The number of nitrogens with two attached hydrogens (primary N) is 1. The van der Waals surface area contributed by atoms with Crippen LogP contribution in [0.25, 0.3) is 0 Å². The molecule has 0 bridgehead atoms. The molecule has 15 heavy (non-hydrogen) atoms. The van der Waals surface area contributed by atoms with E-state index in [0.717, 1.165) is 6.42 Å². The first-order chi connectivity index (χ1) is 7.04. The summed E-state index contributed by atoms with van der Waals surface area (Å²) in [6, 6.07) is 0. The van der Waals surface area contributed by atoms with Crippen molar-refractivity contribution in [3.05, 3.63) is 0 Å². The third kappa shape index (κ3) is 3.65. The van der Waals surface area contributed by atoms with Gasteiger partial charge in [0.05, 0.1) is 0 Å². The molecule has 1 fully saturated rings. The Morgan fingerprint density at radius 3 is 2.87 bits per heavy atom. The average molecular weight is 245 g/mol. The van der Waals surface area contributed by atoms with E-state index in [1.165, 1.54) is 12.1 Å². The Hall–Kier alpha value is -0.290. The van der Waals surface area contributed by atoms with Crippen molar-refractivity contribution in [3.8, 4) is 0 Å². The first-order valence-electron chi connectivity index (χ1n) is 5.32. The van der Waals surface area contributed by atoms with Gasteiger partial charge in [0, 0.05) is 22.1 Å². The van der Waals surface area contributed by atoms with Crippen LogP contribution in [-0.2, 0) is 0 Å². The van der Waals surface area contributed by atoms with Crippen LogP contribution in [0, 0.1) is 5.92 Å². The minimum atomic E-state index is 0.244. The minimum Gasteiger partial charge on any atom is -0.375 e. The first-order valence-corrected chi connectivity index (χ1v) is 6.67. The van der Waals surface area contributed by atoms with E-state index in [2.05, 4.69) is 43.1 Å². The summed E-state index contributed by atoms with van der Waals surface area (Å²) in [5.41, 5.74) is 9.26. The predicted molar refractivity (Wildman–Crippen MR) is 72.3 cm³/mol. The maximum atomic E-state index is 5.36. The smallest absolute Gasteiger partial charge is 0.184 e. The number of nitrogens with one attached hydrogen (secondary N) is 1. The number of hydrogen-bond donors (Lipinski definition) is 2. The lowest BCUT2D eigenvalue weighted by molar-refractivity contribution is 0.645. The SMILES string of the molecule is CCC1SC(C)C/C(=N\NC(N)=S)C1C. The zero-order valence-electron chi connectivity index (χ0n) is 9.49. The van der Waals surface area contributed by atoms with Gasteiger partial charge in [0.25, 0.3) is 0 Å². The highest BCUT2D eigenvalue weighted by molar-refractivity contribution is 8.00. The van der Waals surface area contributed by atoms with Crippen LogP contribution < -0.4 is 11.2 Å². The molecule has 0 amide bonds. The highest BCUT2D eigenvalue weighted by Gasteiger charge is 2.29. The second-order valence-corrected chi connectivity index (χ2v) is 6.09. The molecule has 3 N–H and O–H groups in total. The summed E-state index contributed by atoms with van der Waals surface area (Å²) in [6.07, 6.45) is 2.21. The molecule has 1 rings (SSSR count). The van der Waals surface area contributed by atoms with E-state index in [1.807, 2.05) is 0 Å². The number of thioether (sulfide) groups is 1. The highest BCUT2D eigenvalue weighted by atomic mass is 32.2. The van der Waals surface area contributed by atoms with Gasteiger partial charge in [-0.2, -0.15) is 16.9 Å². The summed E-state index contributed by atoms with van der Waals surface area (Å²) >= 11 is 6.80. The van der Waals surface area contributed by atoms with Crippen molar-refractivity contribution >= 4 is 34.8 Å². The van der Waals surface area contributed by atoms with E-state index in [1.54, 1.807) is 0 Å². The fraction of sp³-hybridized carbons (Fsp3) is 0.800. The fourth-order valence-electron chi connectivity index (χ4n) is 1.88. The van der Waals surface area contributed by atoms with Gasteiger partial charge in [-0.3, -0.25) is 5.43 Å². The van der Waals surface area contributed by atoms with E-state index in [-0.39, 0.29) is 5.11 Å². The third-order valence-corrected chi connectivity index (χ3v) is 4.51. The molecule has 5 heteroatoms. The standard InChI is InChI=1S/C10H19N3S2/c1-4-9-7(3)8(5-6(2)15-9)12-13-10(11)14/h6-7,9H,4-5H2,1-3H3,(H3,11,13,14)/b12-8+. The summed E-state index contributed by atoms with van der Waals surface area (Å²) in [6.45, 7) is 6.70. The normalized spacial score (nSPS) is 34.1. The van der Waals surface area contributed by atoms with Crippen LogP contribution in [0.2, 0.25) is 0 Å². The van der Waals surface area contributed by atoms with E-state index >= 15 is 0 Å². The Labute approximate surface area is 101 Å². The van der Waals surface area contributed by atoms with E-state index in [4.69, 9.17) is 18.0 Å². The van der Waals surface area contributed by atoms with Crippen LogP contribution in [0.1, 0.15) is 33.6 Å². The van der Waals surface area contributed by atoms with Gasteiger partial charge in [0.15, 0.2) is 5.11 Å². The topological polar surface area (TPSA) is 50.4 Å². The number of nitrogens with zero attached hydrogens (tertiary/aromatic N) is 1. The number of hydrogen-bond acceptors (Lipinski definition) is 3. The Balaban J connectivity index is 2.69. The molecular weight excluding hydrogens is 226 g/mol. The van der Waals surface area contributed by atoms with Crippen molar-refractivity contribution in [1.82, 2.24) is 5.43 Å². The Kier molecular flexibility index (Phi) is 4.86. The van der Waals surface area contributed by atoms with Gasteiger partial charge in [-0.1, -0.05) is 20.8 Å². The maximum absolute atomic E-state index is 5.36. The maximum Gasteiger partial charge on any atom is 0.184 e. The molecular formula is C10H19N3S2. The summed E-state index contributed by atoms with van der Waals surface area (Å²) < 4.78 is 0. The van der Waals surface area contributed by atoms with Gasteiger partial charge >= 0.3 is 0 Å². The summed E-state index contributed by atoms with van der Waals surface area (Å²) in [4.78, 5) is 0. The molecule has 0 aromatic heterocycles. The lowest BCUT2D eigenvalue weighted by Gasteiger charge is -2.32. The van der Waals surface area contributed by atoms with Crippen molar-refractivity contribution in [2.45, 2.75) is 44.1 Å². The number of thiocarbonyl (C=S) groups is 1. The highest BCUT2D eigenvalue weighted by Crippen LogP contribution is 2.35. The molecule has 1 aliphatic heterocycles. The predicted octanol–water partition coefficient (Wildman–Crippen LogP) is 2.12. The molecule has 0 aromatic carbocycles. The summed E-state index contributed by atoms with van der Waals surface area (Å²) in [5.74, 6) is 0.512. The van der Waals surface area contributed by atoms with Gasteiger partial charge in [-0.05, 0) is 25.1 Å². The van der Waals surface area contributed by atoms with Crippen molar-refractivity contribution < 1.29 is 0 Å². The Bertz CT molecular complexity index is 265. The fourth-order valence-corrected chi connectivity index (χ4v) is 3.38. The zero-order chi connectivity index (χ0) is 11.4. The molecule has 3 nitrogen and oxygen atoms in total. The van der Waals surface area contributed by atoms with Crippen LogP contribution in [0.3, 0.4) is 0 Å². The zero-order valence-corrected chi connectivity index (χ0v) is 11.1. The molecule has 1 aliphatic rings. The van der Waals surface area contributed by atoms with Gasteiger partial charge in [-0.25, -0.2) is 0 Å². The first kappa shape index (κ1) is 12.8. The van der Waals surface area contributed by atoms with Gasteiger partial charge < -0.3 is 5.73 Å². The molecule has 0 radical (unpaired) electrons. The van der Waals surface area contributed by atoms with Gasteiger partial charge in [-0.15, -0.1) is 0 Å².